The molecule has 20 heavy (non-hydrogen) atoms. The number of nitrogens with one attached hydrogen (secondary N) is 2. The van der Waals surface area contributed by atoms with Gasteiger partial charge in [-0.25, -0.2) is 0 Å². The highest BCUT2D eigenvalue weighted by Crippen LogP contribution is 2.18. The molecule has 0 aromatic carbocycles. The summed E-state index contributed by atoms with van der Waals surface area (Å²) in [5.41, 5.74) is 1.75. The van der Waals surface area contributed by atoms with Gasteiger partial charge in [0.05, 0.1) is 36.2 Å². The van der Waals surface area contributed by atoms with Crippen LogP contribution >= 0.6 is 11.6 Å². The van der Waals surface area contributed by atoms with Crippen LogP contribution in [0.5, 0.6) is 0 Å². The minimum atomic E-state index is 0.0284. The van der Waals surface area contributed by atoms with E-state index in [0.29, 0.717) is 31.1 Å². The van der Waals surface area contributed by atoms with Gasteiger partial charge in [0.25, 0.3) is 0 Å². The lowest BCUT2D eigenvalue weighted by atomic mass is 10.2. The largest absolute Gasteiger partial charge is 0.378 e. The van der Waals surface area contributed by atoms with Crippen molar-refractivity contribution in [3.05, 3.63) is 16.4 Å². The lowest BCUT2D eigenvalue weighted by Crippen LogP contribution is -2.44. The maximum atomic E-state index is 11.8. The first-order chi connectivity index (χ1) is 9.58. The summed E-state index contributed by atoms with van der Waals surface area (Å²) in [6, 6.07) is 0.117. The SMILES string of the molecule is Cc1nn(CCNC(=O)C[C@H]2COCCN2)c(C)c1Cl. The molecule has 0 saturated carbocycles. The minimum absolute atomic E-state index is 0.0284. The Bertz CT molecular complexity index is 469. The first-order valence-electron chi connectivity index (χ1n) is 6.85. The van der Waals surface area contributed by atoms with Crippen molar-refractivity contribution in [2.24, 2.45) is 0 Å². The standard InChI is InChI=1S/C13H21ClN4O2/c1-9-13(14)10(2)18(17-9)5-3-16-12(19)7-11-8-20-6-4-15-11/h11,15H,3-8H2,1-2H3,(H,16,19)/t11-/m0/s1. The maximum Gasteiger partial charge on any atom is 0.221 e. The molecule has 2 heterocycles. The summed E-state index contributed by atoms with van der Waals surface area (Å²) in [6.45, 7) is 7.09. The molecule has 0 radical (unpaired) electrons. The van der Waals surface area contributed by atoms with E-state index in [-0.39, 0.29) is 11.9 Å². The summed E-state index contributed by atoms with van der Waals surface area (Å²) in [6.07, 6.45) is 0.442. The van der Waals surface area contributed by atoms with Crippen molar-refractivity contribution < 1.29 is 9.53 Å². The number of nitrogens with zero attached hydrogens (tertiary/aromatic N) is 2. The molecule has 2 N–H and O–H groups in total. The van der Waals surface area contributed by atoms with Crippen LogP contribution in [0.15, 0.2) is 0 Å². The Hall–Kier alpha value is -1.11. The Labute approximate surface area is 123 Å². The highest BCUT2D eigenvalue weighted by Gasteiger charge is 2.16. The van der Waals surface area contributed by atoms with E-state index in [1.54, 1.807) is 0 Å². The normalized spacial score (nSPS) is 19.1. The molecule has 2 rings (SSSR count). The van der Waals surface area contributed by atoms with Gasteiger partial charge in [0, 0.05) is 25.6 Å². The van der Waals surface area contributed by atoms with Crippen LogP contribution in [0.4, 0.5) is 0 Å². The molecule has 1 aromatic rings. The number of aromatic nitrogens is 2. The average Bonchev–Trinajstić information content (AvgIpc) is 2.67. The van der Waals surface area contributed by atoms with E-state index in [0.717, 1.165) is 24.5 Å². The van der Waals surface area contributed by atoms with Crippen molar-refractivity contribution in [2.45, 2.75) is 32.9 Å². The molecule has 0 spiro atoms. The van der Waals surface area contributed by atoms with E-state index in [1.165, 1.54) is 0 Å². The number of rotatable bonds is 5. The van der Waals surface area contributed by atoms with Crippen molar-refractivity contribution in [3.63, 3.8) is 0 Å². The van der Waals surface area contributed by atoms with Gasteiger partial charge in [0.15, 0.2) is 0 Å². The fourth-order valence-electron chi connectivity index (χ4n) is 2.24. The second-order valence-corrected chi connectivity index (χ2v) is 5.37. The van der Waals surface area contributed by atoms with Crippen molar-refractivity contribution in [1.29, 1.82) is 0 Å². The van der Waals surface area contributed by atoms with Gasteiger partial charge in [-0.1, -0.05) is 11.6 Å². The number of morpholine rings is 1. The molecule has 1 aliphatic rings. The number of amides is 1. The van der Waals surface area contributed by atoms with E-state index in [9.17, 15) is 4.79 Å². The summed E-state index contributed by atoms with van der Waals surface area (Å²) in [4.78, 5) is 11.8. The summed E-state index contributed by atoms with van der Waals surface area (Å²) in [7, 11) is 0. The summed E-state index contributed by atoms with van der Waals surface area (Å²) >= 11 is 6.08. The lowest BCUT2D eigenvalue weighted by molar-refractivity contribution is -0.122. The van der Waals surface area contributed by atoms with Gasteiger partial charge >= 0.3 is 0 Å². The maximum absolute atomic E-state index is 11.8. The van der Waals surface area contributed by atoms with Gasteiger partial charge < -0.3 is 15.4 Å². The van der Waals surface area contributed by atoms with Crippen molar-refractivity contribution >= 4 is 17.5 Å². The molecular formula is C13H21ClN4O2. The molecule has 1 fully saturated rings. The molecule has 1 atom stereocenters. The highest BCUT2D eigenvalue weighted by molar-refractivity contribution is 6.31. The van der Waals surface area contributed by atoms with Crippen molar-refractivity contribution in [1.82, 2.24) is 20.4 Å². The zero-order valence-corrected chi connectivity index (χ0v) is 12.7. The third kappa shape index (κ3) is 3.94. The van der Waals surface area contributed by atoms with Crippen LogP contribution in [-0.2, 0) is 16.1 Å². The Kier molecular flexibility index (Phi) is 5.39. The summed E-state index contributed by atoms with van der Waals surface area (Å²) < 4.78 is 7.14. The van der Waals surface area contributed by atoms with Crippen LogP contribution in [-0.4, -0.2) is 48.0 Å². The second kappa shape index (κ2) is 7.06. The van der Waals surface area contributed by atoms with Gasteiger partial charge in [-0.15, -0.1) is 0 Å². The zero-order chi connectivity index (χ0) is 14.5. The van der Waals surface area contributed by atoms with E-state index < -0.39 is 0 Å². The van der Waals surface area contributed by atoms with Crippen molar-refractivity contribution in [2.75, 3.05) is 26.3 Å². The summed E-state index contributed by atoms with van der Waals surface area (Å²) in [5, 5.41) is 11.2. The van der Waals surface area contributed by atoms with E-state index >= 15 is 0 Å². The number of hydrogen-bond acceptors (Lipinski definition) is 4. The fraction of sp³-hybridized carbons (Fsp3) is 0.692. The number of hydrogen-bond donors (Lipinski definition) is 2. The molecule has 6 nitrogen and oxygen atoms in total. The molecule has 112 valence electrons. The molecule has 1 amide bonds. The van der Waals surface area contributed by atoms with Crippen LogP contribution in [0.25, 0.3) is 0 Å². The first kappa shape index (κ1) is 15.3. The zero-order valence-electron chi connectivity index (χ0n) is 11.9. The third-order valence-electron chi connectivity index (χ3n) is 3.37. The number of halogens is 1. The third-order valence-corrected chi connectivity index (χ3v) is 3.92. The topological polar surface area (TPSA) is 68.2 Å². The molecule has 1 aromatic heterocycles. The molecule has 0 bridgehead atoms. The minimum Gasteiger partial charge on any atom is -0.378 e. The number of carbonyl (C=O) groups excluding carboxylic acids is 1. The highest BCUT2D eigenvalue weighted by atomic mass is 35.5. The lowest BCUT2D eigenvalue weighted by Gasteiger charge is -2.23. The van der Waals surface area contributed by atoms with Crippen LogP contribution in [0, 0.1) is 13.8 Å². The average molecular weight is 301 g/mol. The van der Waals surface area contributed by atoms with Gasteiger partial charge in [0.2, 0.25) is 5.91 Å². The predicted octanol–water partition coefficient (Wildman–Crippen LogP) is 0.648. The second-order valence-electron chi connectivity index (χ2n) is 4.99. The predicted molar refractivity (Wildman–Crippen MR) is 76.9 cm³/mol. The smallest absolute Gasteiger partial charge is 0.221 e. The van der Waals surface area contributed by atoms with Gasteiger partial charge in [-0.3, -0.25) is 9.48 Å². The monoisotopic (exact) mass is 300 g/mol. The Morgan fingerprint density at radius 1 is 1.60 bits per heavy atom. The van der Waals surface area contributed by atoms with Crippen molar-refractivity contribution in [3.8, 4) is 0 Å². The number of carbonyl (C=O) groups is 1. The number of ether oxygens (including phenoxy) is 1. The van der Waals surface area contributed by atoms with Crippen LogP contribution in [0.2, 0.25) is 5.02 Å². The molecule has 1 aliphatic heterocycles. The molecule has 0 unspecified atom stereocenters. The van der Waals surface area contributed by atoms with E-state index in [1.807, 2.05) is 18.5 Å². The summed E-state index contributed by atoms with van der Waals surface area (Å²) in [5.74, 6) is 0.0284. The van der Waals surface area contributed by atoms with E-state index in [2.05, 4.69) is 15.7 Å². The first-order valence-corrected chi connectivity index (χ1v) is 7.23. The Balaban J connectivity index is 1.72. The quantitative estimate of drug-likeness (QED) is 0.838. The molecule has 0 aliphatic carbocycles. The molecule has 1 saturated heterocycles. The van der Waals surface area contributed by atoms with E-state index in [4.69, 9.17) is 16.3 Å². The van der Waals surface area contributed by atoms with Crippen LogP contribution in [0.1, 0.15) is 17.8 Å². The fourth-order valence-corrected chi connectivity index (χ4v) is 2.38. The van der Waals surface area contributed by atoms with Crippen LogP contribution < -0.4 is 10.6 Å². The molecular weight excluding hydrogens is 280 g/mol. The van der Waals surface area contributed by atoms with Gasteiger partial charge in [0.1, 0.15) is 0 Å². The van der Waals surface area contributed by atoms with Gasteiger partial charge in [-0.2, -0.15) is 5.10 Å². The van der Waals surface area contributed by atoms with Crippen LogP contribution in [0.3, 0.4) is 0 Å². The Morgan fingerprint density at radius 3 is 3.00 bits per heavy atom. The van der Waals surface area contributed by atoms with Gasteiger partial charge in [-0.05, 0) is 13.8 Å². The Morgan fingerprint density at radius 2 is 2.40 bits per heavy atom. The molecule has 7 heteroatoms. The number of aryl methyl sites for hydroxylation is 1.